The van der Waals surface area contributed by atoms with Gasteiger partial charge < -0.3 is 10.6 Å². The first kappa shape index (κ1) is 16.2. The van der Waals surface area contributed by atoms with Crippen LogP contribution in [-0.4, -0.2) is 22.9 Å². The molecule has 0 amide bonds. The Hall–Kier alpha value is -2.29. The third kappa shape index (κ3) is 3.41. The number of nitrogens with two attached hydrogens (primary N) is 1. The molecule has 130 valence electrons. The van der Waals surface area contributed by atoms with Crippen LogP contribution in [0, 0.1) is 6.92 Å². The van der Waals surface area contributed by atoms with Gasteiger partial charge in [-0.2, -0.15) is 0 Å². The molecular formula is C22H27N3. The van der Waals surface area contributed by atoms with Gasteiger partial charge in [-0.1, -0.05) is 60.2 Å². The topological polar surface area (TPSA) is 41.6 Å². The Kier molecular flexibility index (Phi) is 4.48. The van der Waals surface area contributed by atoms with E-state index in [9.17, 15) is 0 Å². The molecule has 3 nitrogen and oxygen atoms in total. The highest BCUT2D eigenvalue weighted by molar-refractivity contribution is 5.80. The lowest BCUT2D eigenvalue weighted by Gasteiger charge is -2.37. The number of hydrogen-bond acceptors (Lipinski definition) is 3. The van der Waals surface area contributed by atoms with E-state index in [-0.39, 0.29) is 6.04 Å². The third-order valence-corrected chi connectivity index (χ3v) is 5.70. The number of nitrogens with zero attached hydrogens (tertiary/aromatic N) is 2. The van der Waals surface area contributed by atoms with Crippen molar-refractivity contribution in [2.45, 2.75) is 57.2 Å². The lowest BCUT2D eigenvalue weighted by atomic mass is 9.96. The zero-order chi connectivity index (χ0) is 17.2. The van der Waals surface area contributed by atoms with E-state index in [1.54, 1.807) is 0 Å². The predicted molar refractivity (Wildman–Crippen MR) is 104 cm³/mol. The second kappa shape index (κ2) is 6.91. The van der Waals surface area contributed by atoms with Gasteiger partial charge in [0.05, 0.1) is 6.04 Å². The van der Waals surface area contributed by atoms with E-state index in [1.807, 2.05) is 0 Å². The monoisotopic (exact) mass is 333 g/mol. The molecule has 4 rings (SSSR count). The fourth-order valence-electron chi connectivity index (χ4n) is 4.45. The van der Waals surface area contributed by atoms with Crippen LogP contribution in [0.4, 0.5) is 0 Å². The molecule has 0 aromatic heterocycles. The molecule has 0 saturated carbocycles. The minimum absolute atomic E-state index is 0.217. The smallest absolute Gasteiger partial charge is 0.192 e. The molecule has 1 fully saturated rings. The van der Waals surface area contributed by atoms with E-state index in [4.69, 9.17) is 10.7 Å². The Bertz CT molecular complexity index is 753. The molecule has 0 spiro atoms. The maximum absolute atomic E-state index is 6.42. The maximum atomic E-state index is 6.42. The Balaban J connectivity index is 1.47. The molecule has 0 bridgehead atoms. The summed E-state index contributed by atoms with van der Waals surface area (Å²) < 4.78 is 0. The standard InChI is InChI=1S/C22H27N3/c1-16-6-5-9-18(14-16)21-15-20-13-12-19(25(20)22(23)24-21)11-10-17-7-3-2-4-8-17/h2-9,14,19-21H,10-13,15H2,1H3,(H2,23,24)/t19-,20+,21+/m0/s1. The number of aryl methyl sites for hydroxylation is 2. The average Bonchev–Trinajstić information content (AvgIpc) is 3.04. The van der Waals surface area contributed by atoms with Crippen LogP contribution in [0.3, 0.4) is 0 Å². The van der Waals surface area contributed by atoms with Gasteiger partial charge in [0.1, 0.15) is 0 Å². The van der Waals surface area contributed by atoms with Crippen LogP contribution in [0.15, 0.2) is 59.6 Å². The summed E-state index contributed by atoms with van der Waals surface area (Å²) in [6.07, 6.45) is 5.83. The summed E-state index contributed by atoms with van der Waals surface area (Å²) in [7, 11) is 0. The molecule has 2 aromatic rings. The van der Waals surface area contributed by atoms with Crippen molar-refractivity contribution in [2.24, 2.45) is 10.7 Å². The van der Waals surface area contributed by atoms with Gasteiger partial charge >= 0.3 is 0 Å². The number of rotatable bonds is 4. The van der Waals surface area contributed by atoms with Gasteiger partial charge in [-0.25, -0.2) is 4.99 Å². The molecule has 3 heteroatoms. The molecule has 2 aromatic carbocycles. The van der Waals surface area contributed by atoms with Crippen molar-refractivity contribution < 1.29 is 0 Å². The number of guanidine groups is 1. The summed E-state index contributed by atoms with van der Waals surface area (Å²) in [6, 6.07) is 20.8. The zero-order valence-electron chi connectivity index (χ0n) is 14.9. The van der Waals surface area contributed by atoms with Gasteiger partial charge in [0.15, 0.2) is 5.96 Å². The van der Waals surface area contributed by atoms with Crippen molar-refractivity contribution in [3.63, 3.8) is 0 Å². The number of aliphatic imine (C=N–C) groups is 1. The molecule has 2 aliphatic heterocycles. The highest BCUT2D eigenvalue weighted by Crippen LogP contribution is 2.38. The lowest BCUT2D eigenvalue weighted by molar-refractivity contribution is 0.256. The van der Waals surface area contributed by atoms with Crippen molar-refractivity contribution >= 4 is 5.96 Å². The second-order valence-electron chi connectivity index (χ2n) is 7.47. The number of hydrogen-bond donors (Lipinski definition) is 1. The Morgan fingerprint density at radius 3 is 2.72 bits per heavy atom. The first-order chi connectivity index (χ1) is 12.2. The number of fused-ring (bicyclic) bond motifs is 1. The highest BCUT2D eigenvalue weighted by atomic mass is 15.3. The summed E-state index contributed by atoms with van der Waals surface area (Å²) in [4.78, 5) is 7.27. The molecule has 2 N–H and O–H groups in total. The molecule has 25 heavy (non-hydrogen) atoms. The van der Waals surface area contributed by atoms with Crippen LogP contribution in [0.25, 0.3) is 0 Å². The predicted octanol–water partition coefficient (Wildman–Crippen LogP) is 4.22. The number of benzene rings is 2. The van der Waals surface area contributed by atoms with Crippen molar-refractivity contribution in [3.05, 3.63) is 71.3 Å². The van der Waals surface area contributed by atoms with E-state index >= 15 is 0 Å². The molecule has 1 saturated heterocycles. The van der Waals surface area contributed by atoms with Crippen LogP contribution < -0.4 is 5.73 Å². The van der Waals surface area contributed by atoms with E-state index in [2.05, 4.69) is 66.4 Å². The quantitative estimate of drug-likeness (QED) is 0.910. The van der Waals surface area contributed by atoms with E-state index in [0.717, 1.165) is 25.2 Å². The van der Waals surface area contributed by atoms with E-state index < -0.39 is 0 Å². The van der Waals surface area contributed by atoms with E-state index in [0.29, 0.717) is 12.1 Å². The van der Waals surface area contributed by atoms with Crippen molar-refractivity contribution in [2.75, 3.05) is 0 Å². The van der Waals surface area contributed by atoms with Gasteiger partial charge in [-0.15, -0.1) is 0 Å². The molecule has 2 heterocycles. The molecule has 0 aliphatic carbocycles. The summed E-state index contributed by atoms with van der Waals surface area (Å²) in [6.45, 7) is 2.14. The van der Waals surface area contributed by atoms with Gasteiger partial charge in [0.2, 0.25) is 0 Å². The van der Waals surface area contributed by atoms with Gasteiger partial charge in [-0.3, -0.25) is 0 Å². The normalized spacial score (nSPS) is 25.6. The Morgan fingerprint density at radius 2 is 1.92 bits per heavy atom. The third-order valence-electron chi connectivity index (χ3n) is 5.70. The van der Waals surface area contributed by atoms with E-state index in [1.165, 1.54) is 29.5 Å². The first-order valence-corrected chi connectivity index (χ1v) is 9.43. The molecular weight excluding hydrogens is 306 g/mol. The summed E-state index contributed by atoms with van der Waals surface area (Å²) in [5.74, 6) is 0.748. The molecule has 0 radical (unpaired) electrons. The Labute approximate surface area is 150 Å². The molecule has 0 unspecified atom stereocenters. The van der Waals surface area contributed by atoms with Crippen LogP contribution in [0.5, 0.6) is 0 Å². The minimum atomic E-state index is 0.217. The van der Waals surface area contributed by atoms with Crippen LogP contribution in [0.2, 0.25) is 0 Å². The molecule has 3 atom stereocenters. The fraction of sp³-hybridized carbons (Fsp3) is 0.409. The zero-order valence-corrected chi connectivity index (χ0v) is 14.9. The SMILES string of the molecule is Cc1cccc([C@H]2C[C@H]3CC[C@H](CCc4ccccc4)N3C(N)=N2)c1. The summed E-state index contributed by atoms with van der Waals surface area (Å²) in [5, 5.41) is 0. The summed E-state index contributed by atoms with van der Waals surface area (Å²) in [5.41, 5.74) is 10.4. The van der Waals surface area contributed by atoms with Crippen molar-refractivity contribution in [1.82, 2.24) is 4.90 Å². The maximum Gasteiger partial charge on any atom is 0.192 e. The van der Waals surface area contributed by atoms with Crippen LogP contribution in [-0.2, 0) is 6.42 Å². The fourth-order valence-corrected chi connectivity index (χ4v) is 4.45. The second-order valence-corrected chi connectivity index (χ2v) is 7.47. The van der Waals surface area contributed by atoms with Crippen molar-refractivity contribution in [3.8, 4) is 0 Å². The van der Waals surface area contributed by atoms with Crippen LogP contribution >= 0.6 is 0 Å². The molecule has 2 aliphatic rings. The average molecular weight is 333 g/mol. The van der Waals surface area contributed by atoms with Crippen molar-refractivity contribution in [1.29, 1.82) is 0 Å². The largest absolute Gasteiger partial charge is 0.370 e. The lowest BCUT2D eigenvalue weighted by Crippen LogP contribution is -2.48. The van der Waals surface area contributed by atoms with Gasteiger partial charge in [-0.05, 0) is 50.2 Å². The first-order valence-electron chi connectivity index (χ1n) is 9.43. The highest BCUT2D eigenvalue weighted by Gasteiger charge is 2.39. The van der Waals surface area contributed by atoms with Gasteiger partial charge in [0.25, 0.3) is 0 Å². The minimum Gasteiger partial charge on any atom is -0.370 e. The van der Waals surface area contributed by atoms with Gasteiger partial charge in [0, 0.05) is 12.1 Å². The summed E-state index contributed by atoms with van der Waals surface area (Å²) >= 11 is 0. The van der Waals surface area contributed by atoms with Crippen LogP contribution in [0.1, 0.15) is 48.4 Å². The Morgan fingerprint density at radius 1 is 1.08 bits per heavy atom.